The van der Waals surface area contributed by atoms with Crippen molar-refractivity contribution in [3.63, 3.8) is 0 Å². The third-order valence-corrected chi connectivity index (χ3v) is 3.64. The van der Waals surface area contributed by atoms with Crippen molar-refractivity contribution in [1.29, 1.82) is 0 Å². The van der Waals surface area contributed by atoms with E-state index in [9.17, 15) is 4.79 Å². The fourth-order valence-corrected chi connectivity index (χ4v) is 2.59. The summed E-state index contributed by atoms with van der Waals surface area (Å²) in [5.74, 6) is 0.174. The van der Waals surface area contributed by atoms with Gasteiger partial charge in [-0.05, 0) is 24.3 Å². The smallest absolute Gasteiger partial charge is 0.227 e. The van der Waals surface area contributed by atoms with Crippen molar-refractivity contribution >= 4 is 22.5 Å². The number of hydrogen-bond donors (Lipinski definition) is 1. The largest absolute Gasteiger partial charge is 0.396 e. The zero-order valence-electron chi connectivity index (χ0n) is 10.3. The third-order valence-electron chi connectivity index (χ3n) is 3.64. The van der Waals surface area contributed by atoms with E-state index in [1.807, 2.05) is 37.5 Å². The Morgan fingerprint density at radius 1 is 1.39 bits per heavy atom. The molecular weight excluding hydrogens is 228 g/mol. The Balaban J connectivity index is 1.97. The lowest BCUT2D eigenvalue weighted by atomic mass is 10.1. The van der Waals surface area contributed by atoms with Crippen LogP contribution in [0, 0.1) is 5.92 Å². The molecule has 0 saturated carbocycles. The summed E-state index contributed by atoms with van der Waals surface area (Å²) in [6.07, 6.45) is 2.46. The van der Waals surface area contributed by atoms with Crippen molar-refractivity contribution in [3.05, 3.63) is 30.5 Å². The molecule has 1 aromatic heterocycles. The molecule has 1 fully saturated rings. The van der Waals surface area contributed by atoms with Crippen molar-refractivity contribution in [2.75, 3.05) is 18.1 Å². The van der Waals surface area contributed by atoms with E-state index < -0.39 is 0 Å². The maximum atomic E-state index is 11.9. The minimum Gasteiger partial charge on any atom is -0.396 e. The van der Waals surface area contributed by atoms with E-state index >= 15 is 0 Å². The number of benzene rings is 1. The zero-order valence-corrected chi connectivity index (χ0v) is 10.3. The van der Waals surface area contributed by atoms with Gasteiger partial charge in [-0.25, -0.2) is 0 Å². The first-order valence-corrected chi connectivity index (χ1v) is 6.15. The second-order valence-corrected chi connectivity index (χ2v) is 4.93. The molecule has 94 valence electrons. The SMILES string of the molecule is Cn1ccc2cc(N3CC(CO)CC3=O)ccc21. The van der Waals surface area contributed by atoms with Crippen LogP contribution in [0.5, 0.6) is 0 Å². The normalized spacial score (nSPS) is 20.0. The Bertz CT molecular complexity index is 603. The van der Waals surface area contributed by atoms with Gasteiger partial charge in [0.25, 0.3) is 0 Å². The van der Waals surface area contributed by atoms with Gasteiger partial charge in [0, 0.05) is 55.3 Å². The summed E-state index contributed by atoms with van der Waals surface area (Å²) in [7, 11) is 2.00. The van der Waals surface area contributed by atoms with E-state index in [0.29, 0.717) is 13.0 Å². The summed E-state index contributed by atoms with van der Waals surface area (Å²) < 4.78 is 2.06. The Morgan fingerprint density at radius 2 is 2.22 bits per heavy atom. The van der Waals surface area contributed by atoms with Gasteiger partial charge < -0.3 is 14.6 Å². The summed E-state index contributed by atoms with van der Waals surface area (Å²) in [4.78, 5) is 13.7. The Kier molecular flexibility index (Phi) is 2.59. The van der Waals surface area contributed by atoms with E-state index in [0.717, 1.165) is 16.6 Å². The lowest BCUT2D eigenvalue weighted by Crippen LogP contribution is -2.24. The molecule has 1 aromatic carbocycles. The molecule has 0 aliphatic carbocycles. The first kappa shape index (κ1) is 11.3. The highest BCUT2D eigenvalue weighted by Gasteiger charge is 2.30. The average Bonchev–Trinajstić information content (AvgIpc) is 2.93. The van der Waals surface area contributed by atoms with Crippen LogP contribution in [0.25, 0.3) is 10.9 Å². The van der Waals surface area contributed by atoms with Gasteiger partial charge in [0.1, 0.15) is 0 Å². The topological polar surface area (TPSA) is 45.5 Å². The minimum atomic E-state index is 0.0731. The second-order valence-electron chi connectivity index (χ2n) is 4.93. The standard InChI is InChI=1S/C14H16N2O2/c1-15-5-4-11-7-12(2-3-13(11)15)16-8-10(9-17)6-14(16)18/h2-5,7,10,17H,6,8-9H2,1H3. The fourth-order valence-electron chi connectivity index (χ4n) is 2.59. The third kappa shape index (κ3) is 1.69. The van der Waals surface area contributed by atoms with E-state index in [-0.39, 0.29) is 18.4 Å². The van der Waals surface area contributed by atoms with Crippen molar-refractivity contribution in [1.82, 2.24) is 4.57 Å². The molecule has 0 bridgehead atoms. The van der Waals surface area contributed by atoms with Crippen molar-refractivity contribution in [2.24, 2.45) is 13.0 Å². The van der Waals surface area contributed by atoms with Gasteiger partial charge in [-0.1, -0.05) is 0 Å². The molecule has 0 spiro atoms. The molecule has 0 radical (unpaired) electrons. The summed E-state index contributed by atoms with van der Waals surface area (Å²) in [6.45, 7) is 0.698. The summed E-state index contributed by atoms with van der Waals surface area (Å²) in [6, 6.07) is 8.08. The van der Waals surface area contributed by atoms with Crippen LogP contribution >= 0.6 is 0 Å². The Morgan fingerprint density at radius 3 is 2.94 bits per heavy atom. The lowest BCUT2D eigenvalue weighted by molar-refractivity contribution is -0.117. The van der Waals surface area contributed by atoms with Crippen molar-refractivity contribution in [2.45, 2.75) is 6.42 Å². The first-order valence-electron chi connectivity index (χ1n) is 6.15. The van der Waals surface area contributed by atoms with Crippen LogP contribution in [0.1, 0.15) is 6.42 Å². The monoisotopic (exact) mass is 244 g/mol. The highest BCUT2D eigenvalue weighted by atomic mass is 16.3. The van der Waals surface area contributed by atoms with Gasteiger partial charge in [0.15, 0.2) is 0 Å². The molecule has 3 rings (SSSR count). The molecule has 2 aromatic rings. The molecule has 1 unspecified atom stereocenters. The maximum Gasteiger partial charge on any atom is 0.227 e. The fraction of sp³-hybridized carbons (Fsp3) is 0.357. The summed E-state index contributed by atoms with van der Waals surface area (Å²) >= 11 is 0. The Hall–Kier alpha value is -1.81. The number of rotatable bonds is 2. The van der Waals surface area contributed by atoms with Gasteiger partial charge in [-0.3, -0.25) is 4.79 Å². The quantitative estimate of drug-likeness (QED) is 0.870. The number of amides is 1. The number of aliphatic hydroxyl groups is 1. The molecule has 1 aliphatic heterocycles. The maximum absolute atomic E-state index is 11.9. The van der Waals surface area contributed by atoms with Gasteiger partial charge in [0.05, 0.1) is 0 Å². The number of carbonyl (C=O) groups is 1. The van der Waals surface area contributed by atoms with E-state index in [1.54, 1.807) is 4.90 Å². The average molecular weight is 244 g/mol. The number of anilines is 1. The van der Waals surface area contributed by atoms with Crippen LogP contribution in [-0.4, -0.2) is 28.7 Å². The van der Waals surface area contributed by atoms with Crippen molar-refractivity contribution < 1.29 is 9.90 Å². The molecule has 4 heteroatoms. The predicted molar refractivity (Wildman–Crippen MR) is 70.5 cm³/mol. The van der Waals surface area contributed by atoms with Gasteiger partial charge >= 0.3 is 0 Å². The van der Waals surface area contributed by atoms with Gasteiger partial charge in [-0.2, -0.15) is 0 Å². The molecular formula is C14H16N2O2. The molecule has 1 N–H and O–H groups in total. The summed E-state index contributed by atoms with van der Waals surface area (Å²) in [5.41, 5.74) is 2.08. The predicted octanol–water partition coefficient (Wildman–Crippen LogP) is 1.52. The zero-order chi connectivity index (χ0) is 12.7. The number of nitrogens with zero attached hydrogens (tertiary/aromatic N) is 2. The molecule has 18 heavy (non-hydrogen) atoms. The number of aryl methyl sites for hydroxylation is 1. The van der Waals surface area contributed by atoms with Crippen LogP contribution < -0.4 is 4.90 Å². The molecule has 4 nitrogen and oxygen atoms in total. The van der Waals surface area contributed by atoms with Crippen LogP contribution in [0.15, 0.2) is 30.5 Å². The number of fused-ring (bicyclic) bond motifs is 1. The molecule has 1 amide bonds. The highest BCUT2D eigenvalue weighted by Crippen LogP contribution is 2.28. The van der Waals surface area contributed by atoms with Crippen LogP contribution in [0.3, 0.4) is 0 Å². The lowest BCUT2D eigenvalue weighted by Gasteiger charge is -2.16. The van der Waals surface area contributed by atoms with Crippen molar-refractivity contribution in [3.8, 4) is 0 Å². The highest BCUT2D eigenvalue weighted by molar-refractivity contribution is 5.97. The van der Waals surface area contributed by atoms with Crippen LogP contribution in [-0.2, 0) is 11.8 Å². The van der Waals surface area contributed by atoms with Crippen LogP contribution in [0.4, 0.5) is 5.69 Å². The van der Waals surface area contributed by atoms with Crippen LogP contribution in [0.2, 0.25) is 0 Å². The van der Waals surface area contributed by atoms with E-state index in [2.05, 4.69) is 4.57 Å². The van der Waals surface area contributed by atoms with Gasteiger partial charge in [-0.15, -0.1) is 0 Å². The molecule has 2 heterocycles. The molecule has 1 atom stereocenters. The first-order chi connectivity index (χ1) is 8.69. The van der Waals surface area contributed by atoms with E-state index in [4.69, 9.17) is 5.11 Å². The molecule has 1 aliphatic rings. The Labute approximate surface area is 105 Å². The number of aromatic nitrogens is 1. The second kappa shape index (κ2) is 4.14. The van der Waals surface area contributed by atoms with Gasteiger partial charge in [0.2, 0.25) is 5.91 Å². The molecule has 1 saturated heterocycles. The van der Waals surface area contributed by atoms with E-state index in [1.165, 1.54) is 0 Å². The number of aliphatic hydroxyl groups excluding tert-OH is 1. The minimum absolute atomic E-state index is 0.0731. The number of hydrogen-bond acceptors (Lipinski definition) is 2. The summed E-state index contributed by atoms with van der Waals surface area (Å²) in [5, 5.41) is 10.3. The number of carbonyl (C=O) groups excluding carboxylic acids is 1.